The summed E-state index contributed by atoms with van der Waals surface area (Å²) >= 11 is 6.12. The van der Waals surface area contributed by atoms with E-state index in [1.165, 1.54) is 0 Å². The molecule has 0 amide bonds. The van der Waals surface area contributed by atoms with Gasteiger partial charge in [0, 0.05) is 12.1 Å². The van der Waals surface area contributed by atoms with E-state index in [4.69, 9.17) is 17.3 Å². The van der Waals surface area contributed by atoms with Crippen molar-refractivity contribution >= 4 is 11.6 Å². The molecule has 16 heavy (non-hydrogen) atoms. The maximum absolute atomic E-state index is 6.16. The van der Waals surface area contributed by atoms with Crippen molar-refractivity contribution in [3.8, 4) is 0 Å². The van der Waals surface area contributed by atoms with Crippen molar-refractivity contribution in [2.45, 2.75) is 32.4 Å². The average molecular weight is 245 g/mol. The topological polar surface area (TPSA) is 47.1 Å². The van der Waals surface area contributed by atoms with Crippen molar-refractivity contribution in [2.24, 2.45) is 5.73 Å². The predicted molar refractivity (Wildman–Crippen MR) is 67.7 cm³/mol. The third-order valence-electron chi connectivity index (χ3n) is 2.51. The standard InChI is InChI=1S/C11H21ClN4/c1-8(2)16-11(9(12)7-14-16)10(13)5-6-15(3)4/h7-8,10H,5-6,13H2,1-4H3. The second-order valence-electron chi connectivity index (χ2n) is 4.61. The third-order valence-corrected chi connectivity index (χ3v) is 2.81. The van der Waals surface area contributed by atoms with Gasteiger partial charge in [0.2, 0.25) is 0 Å². The molecule has 1 heterocycles. The minimum atomic E-state index is -0.0557. The zero-order valence-electron chi connectivity index (χ0n) is 10.4. The van der Waals surface area contributed by atoms with E-state index in [1.54, 1.807) is 6.20 Å². The van der Waals surface area contributed by atoms with Crippen LogP contribution in [0.2, 0.25) is 5.02 Å². The summed E-state index contributed by atoms with van der Waals surface area (Å²) in [5.74, 6) is 0. The summed E-state index contributed by atoms with van der Waals surface area (Å²) in [6, 6.07) is 0.229. The molecule has 0 spiro atoms. The highest BCUT2D eigenvalue weighted by molar-refractivity contribution is 6.31. The Bertz CT molecular complexity index is 333. The lowest BCUT2D eigenvalue weighted by Gasteiger charge is -2.19. The number of halogens is 1. The fourth-order valence-electron chi connectivity index (χ4n) is 1.64. The zero-order chi connectivity index (χ0) is 12.3. The lowest BCUT2D eigenvalue weighted by atomic mass is 10.1. The largest absolute Gasteiger partial charge is 0.323 e. The number of nitrogens with zero attached hydrogens (tertiary/aromatic N) is 3. The third kappa shape index (κ3) is 3.20. The van der Waals surface area contributed by atoms with Gasteiger partial charge in [-0.2, -0.15) is 5.10 Å². The molecule has 1 atom stereocenters. The molecule has 4 nitrogen and oxygen atoms in total. The van der Waals surface area contributed by atoms with Gasteiger partial charge in [-0.15, -0.1) is 0 Å². The van der Waals surface area contributed by atoms with Crippen molar-refractivity contribution in [3.05, 3.63) is 16.9 Å². The first-order chi connectivity index (χ1) is 7.43. The Hall–Kier alpha value is -0.580. The summed E-state index contributed by atoms with van der Waals surface area (Å²) in [6.45, 7) is 5.10. The fourth-order valence-corrected chi connectivity index (χ4v) is 1.91. The van der Waals surface area contributed by atoms with Gasteiger partial charge in [0.05, 0.1) is 16.9 Å². The maximum atomic E-state index is 6.16. The lowest BCUT2D eigenvalue weighted by Crippen LogP contribution is -2.23. The molecule has 0 fully saturated rings. The highest BCUT2D eigenvalue weighted by Gasteiger charge is 2.18. The minimum Gasteiger partial charge on any atom is -0.323 e. The monoisotopic (exact) mass is 244 g/mol. The molecule has 1 unspecified atom stereocenters. The van der Waals surface area contributed by atoms with Crippen LogP contribution in [0.5, 0.6) is 0 Å². The molecule has 0 saturated heterocycles. The molecule has 0 aromatic carbocycles. The minimum absolute atomic E-state index is 0.0557. The average Bonchev–Trinajstić information content (AvgIpc) is 2.56. The van der Waals surface area contributed by atoms with Crippen molar-refractivity contribution < 1.29 is 0 Å². The molecule has 5 heteroatoms. The van der Waals surface area contributed by atoms with E-state index in [9.17, 15) is 0 Å². The second-order valence-corrected chi connectivity index (χ2v) is 5.02. The van der Waals surface area contributed by atoms with Gasteiger partial charge in [-0.05, 0) is 40.9 Å². The van der Waals surface area contributed by atoms with Crippen LogP contribution >= 0.6 is 11.6 Å². The highest BCUT2D eigenvalue weighted by atomic mass is 35.5. The van der Waals surface area contributed by atoms with Crippen LogP contribution in [-0.2, 0) is 0 Å². The number of hydrogen-bond acceptors (Lipinski definition) is 3. The Morgan fingerprint density at radius 3 is 2.62 bits per heavy atom. The van der Waals surface area contributed by atoms with Gasteiger partial charge in [0.25, 0.3) is 0 Å². The van der Waals surface area contributed by atoms with Crippen LogP contribution in [0, 0.1) is 0 Å². The molecule has 0 aliphatic rings. The first-order valence-electron chi connectivity index (χ1n) is 5.56. The first-order valence-corrected chi connectivity index (χ1v) is 5.94. The molecule has 0 saturated carbocycles. The van der Waals surface area contributed by atoms with Crippen molar-refractivity contribution in [3.63, 3.8) is 0 Å². The normalized spacial score (nSPS) is 13.8. The Morgan fingerprint density at radius 1 is 1.50 bits per heavy atom. The number of hydrogen-bond donors (Lipinski definition) is 1. The summed E-state index contributed by atoms with van der Waals surface area (Å²) < 4.78 is 1.91. The SMILES string of the molecule is CC(C)n1ncc(Cl)c1C(N)CCN(C)C. The van der Waals surface area contributed by atoms with Gasteiger partial charge in [0.15, 0.2) is 0 Å². The van der Waals surface area contributed by atoms with Crippen molar-refractivity contribution in [2.75, 3.05) is 20.6 Å². The van der Waals surface area contributed by atoms with E-state index in [1.807, 2.05) is 18.8 Å². The van der Waals surface area contributed by atoms with Crippen LogP contribution in [-0.4, -0.2) is 35.3 Å². The van der Waals surface area contributed by atoms with Gasteiger partial charge in [0.1, 0.15) is 0 Å². The molecule has 0 aliphatic carbocycles. The van der Waals surface area contributed by atoms with Crippen LogP contribution in [0.15, 0.2) is 6.20 Å². The Morgan fingerprint density at radius 2 is 2.12 bits per heavy atom. The molecule has 0 bridgehead atoms. The number of aromatic nitrogens is 2. The zero-order valence-corrected chi connectivity index (χ0v) is 11.2. The van der Waals surface area contributed by atoms with Crippen LogP contribution in [0.1, 0.15) is 38.0 Å². The Labute approximate surface area is 102 Å². The van der Waals surface area contributed by atoms with Crippen LogP contribution in [0.3, 0.4) is 0 Å². The molecule has 1 aromatic rings. The summed E-state index contributed by atoms with van der Waals surface area (Å²) in [6.07, 6.45) is 2.55. The molecule has 1 rings (SSSR count). The van der Waals surface area contributed by atoms with Crippen LogP contribution in [0.25, 0.3) is 0 Å². The lowest BCUT2D eigenvalue weighted by molar-refractivity contribution is 0.373. The van der Waals surface area contributed by atoms with E-state index in [0.717, 1.165) is 18.7 Å². The van der Waals surface area contributed by atoms with Gasteiger partial charge in [-0.1, -0.05) is 11.6 Å². The van der Waals surface area contributed by atoms with Crippen molar-refractivity contribution in [1.29, 1.82) is 0 Å². The number of nitrogens with two attached hydrogens (primary N) is 1. The predicted octanol–water partition coefficient (Wildman–Crippen LogP) is 2.07. The highest BCUT2D eigenvalue weighted by Crippen LogP contribution is 2.25. The Balaban J connectivity index is 2.81. The van der Waals surface area contributed by atoms with Crippen LogP contribution in [0.4, 0.5) is 0 Å². The maximum Gasteiger partial charge on any atom is 0.0834 e. The molecular weight excluding hydrogens is 224 g/mol. The van der Waals surface area contributed by atoms with Crippen LogP contribution < -0.4 is 5.73 Å². The van der Waals surface area contributed by atoms with Gasteiger partial charge >= 0.3 is 0 Å². The summed E-state index contributed by atoms with van der Waals surface area (Å²) in [7, 11) is 4.07. The summed E-state index contributed by atoms with van der Waals surface area (Å²) in [5.41, 5.74) is 7.10. The van der Waals surface area contributed by atoms with E-state index in [-0.39, 0.29) is 12.1 Å². The fraction of sp³-hybridized carbons (Fsp3) is 0.727. The molecular formula is C11H21ClN4. The second kappa shape index (κ2) is 5.66. The summed E-state index contributed by atoms with van der Waals surface area (Å²) in [4.78, 5) is 2.11. The van der Waals surface area contributed by atoms with Gasteiger partial charge < -0.3 is 10.6 Å². The van der Waals surface area contributed by atoms with E-state index in [0.29, 0.717) is 5.02 Å². The molecule has 1 aromatic heterocycles. The van der Waals surface area contributed by atoms with Gasteiger partial charge in [-0.3, -0.25) is 4.68 Å². The van der Waals surface area contributed by atoms with Gasteiger partial charge in [-0.25, -0.2) is 0 Å². The molecule has 2 N–H and O–H groups in total. The van der Waals surface area contributed by atoms with Crippen molar-refractivity contribution in [1.82, 2.24) is 14.7 Å². The quantitative estimate of drug-likeness (QED) is 0.863. The van der Waals surface area contributed by atoms with E-state index < -0.39 is 0 Å². The molecule has 0 aliphatic heterocycles. The smallest absolute Gasteiger partial charge is 0.0834 e. The molecule has 92 valence electrons. The number of rotatable bonds is 5. The molecule has 0 radical (unpaired) electrons. The Kier molecular flexibility index (Phi) is 4.77. The first kappa shape index (κ1) is 13.5. The van der Waals surface area contributed by atoms with E-state index >= 15 is 0 Å². The van der Waals surface area contributed by atoms with E-state index in [2.05, 4.69) is 23.8 Å². The summed E-state index contributed by atoms with van der Waals surface area (Å²) in [5, 5.41) is 4.92.